The van der Waals surface area contributed by atoms with Gasteiger partial charge in [0, 0.05) is 37.0 Å². The summed E-state index contributed by atoms with van der Waals surface area (Å²) in [7, 11) is 0. The van der Waals surface area contributed by atoms with Gasteiger partial charge in [0.25, 0.3) is 5.91 Å². The molecule has 39 heavy (non-hydrogen) atoms. The van der Waals surface area contributed by atoms with Crippen LogP contribution in [0.25, 0.3) is 22.3 Å². The second-order valence-electron chi connectivity index (χ2n) is 9.84. The molecular weight excluding hydrogens is 520 g/mol. The summed E-state index contributed by atoms with van der Waals surface area (Å²) < 4.78 is 7.09. The number of nitrogens with one attached hydrogen (secondary N) is 3. The first kappa shape index (κ1) is 25.5. The van der Waals surface area contributed by atoms with E-state index < -0.39 is 5.69 Å². The Morgan fingerprint density at radius 2 is 2.15 bits per heavy atom. The topological polar surface area (TPSA) is 153 Å². The summed E-state index contributed by atoms with van der Waals surface area (Å²) in [4.78, 5) is 43.0. The number of aromatic hydroxyl groups is 1. The second kappa shape index (κ2) is 10.8. The number of ether oxygens (including phenoxy) is 1. The fourth-order valence-corrected chi connectivity index (χ4v) is 5.42. The minimum Gasteiger partial charge on any atom is -0.493 e. The van der Waals surface area contributed by atoms with Crippen LogP contribution in [0.5, 0.6) is 5.88 Å². The molecule has 2 aliphatic rings. The van der Waals surface area contributed by atoms with Crippen LogP contribution in [0.15, 0.2) is 34.2 Å². The van der Waals surface area contributed by atoms with Crippen LogP contribution >= 0.6 is 11.3 Å². The quantitative estimate of drug-likeness (QED) is 0.251. The molecule has 0 bridgehead atoms. The number of aromatic amines is 2. The number of carbonyl (C=O) groups is 1. The van der Waals surface area contributed by atoms with Crippen LogP contribution in [0.1, 0.15) is 41.6 Å². The van der Waals surface area contributed by atoms with Crippen molar-refractivity contribution in [1.82, 2.24) is 34.8 Å². The molecule has 0 aromatic carbocycles. The van der Waals surface area contributed by atoms with Crippen molar-refractivity contribution >= 4 is 29.0 Å². The standard InChI is InChI=1S/C26H30N8O4S/c1-2-16(14-33-7-9-38-10-8-33)29-25(36)21-6-5-20(39-21)18-12-22(28-17-3-4-17)34-23(30-18)15(13-27-34)11-19-24(35)32-26(37)31-19/h5-6,11-13,16-17,35H,2-4,7-10,14H2,1H3,(H,29,36)(H2,31,32,37)/b15-11-,28-22?. The zero-order chi connectivity index (χ0) is 26.9. The van der Waals surface area contributed by atoms with Crippen molar-refractivity contribution in [3.05, 3.63) is 56.2 Å². The van der Waals surface area contributed by atoms with E-state index >= 15 is 0 Å². The van der Waals surface area contributed by atoms with Gasteiger partial charge in [0.15, 0.2) is 11.1 Å². The Morgan fingerprint density at radius 1 is 1.33 bits per heavy atom. The molecule has 1 atom stereocenters. The van der Waals surface area contributed by atoms with Crippen molar-refractivity contribution in [2.24, 2.45) is 4.99 Å². The summed E-state index contributed by atoms with van der Waals surface area (Å²) in [5.74, 6) is -0.355. The highest BCUT2D eigenvalue weighted by atomic mass is 32.1. The molecule has 0 spiro atoms. The zero-order valence-electron chi connectivity index (χ0n) is 21.5. The summed E-state index contributed by atoms with van der Waals surface area (Å²) in [6, 6.07) is 5.93. The van der Waals surface area contributed by atoms with E-state index in [-0.39, 0.29) is 29.6 Å². The minimum atomic E-state index is -0.507. The monoisotopic (exact) mass is 550 g/mol. The smallest absolute Gasteiger partial charge is 0.326 e. The number of H-pyrrole nitrogens is 2. The molecule has 12 nitrogen and oxygen atoms in total. The Kier molecular flexibility index (Phi) is 7.02. The molecule has 0 radical (unpaired) electrons. The maximum atomic E-state index is 13.1. The molecular formula is C26H30N8O4S. The van der Waals surface area contributed by atoms with Crippen molar-refractivity contribution in [2.45, 2.75) is 38.3 Å². The number of carbonyl (C=O) groups excluding carboxylic acids is 1. The fraction of sp³-hybridized carbons (Fsp3) is 0.423. The third-order valence-corrected chi connectivity index (χ3v) is 7.98. The van der Waals surface area contributed by atoms with E-state index in [1.54, 1.807) is 16.8 Å². The van der Waals surface area contributed by atoms with Crippen LogP contribution in [0, 0.1) is 0 Å². The molecule has 1 aliphatic heterocycles. The Bertz CT molecular complexity index is 1680. The van der Waals surface area contributed by atoms with Crippen molar-refractivity contribution in [1.29, 1.82) is 0 Å². The van der Waals surface area contributed by atoms with Crippen molar-refractivity contribution in [2.75, 3.05) is 32.8 Å². The summed E-state index contributed by atoms with van der Waals surface area (Å²) >= 11 is 1.38. The molecule has 1 saturated carbocycles. The normalized spacial score (nSPS) is 18.2. The molecule has 5 heterocycles. The van der Waals surface area contributed by atoms with Crippen molar-refractivity contribution < 1.29 is 14.6 Å². The Morgan fingerprint density at radius 3 is 2.87 bits per heavy atom. The molecule has 4 N–H and O–H groups in total. The molecule has 4 aromatic heterocycles. The maximum Gasteiger partial charge on any atom is 0.326 e. The van der Waals surface area contributed by atoms with Crippen molar-refractivity contribution in [3.63, 3.8) is 0 Å². The highest BCUT2D eigenvalue weighted by Crippen LogP contribution is 2.27. The molecule has 13 heteroatoms. The van der Waals surface area contributed by atoms with Gasteiger partial charge in [-0.1, -0.05) is 6.92 Å². The predicted molar refractivity (Wildman–Crippen MR) is 146 cm³/mol. The highest BCUT2D eigenvalue weighted by Gasteiger charge is 2.22. The van der Waals surface area contributed by atoms with E-state index in [4.69, 9.17) is 14.7 Å². The average Bonchev–Trinajstić information content (AvgIpc) is 3.30. The van der Waals surface area contributed by atoms with Crippen LogP contribution in [-0.4, -0.2) is 85.4 Å². The van der Waals surface area contributed by atoms with Gasteiger partial charge in [-0.25, -0.2) is 9.78 Å². The van der Waals surface area contributed by atoms with Gasteiger partial charge in [-0.15, -0.1) is 11.3 Å². The molecule has 1 saturated heterocycles. The predicted octanol–water partition coefficient (Wildman–Crippen LogP) is 0.631. The average molecular weight is 551 g/mol. The largest absolute Gasteiger partial charge is 0.493 e. The minimum absolute atomic E-state index is 0.0562. The number of aromatic nitrogens is 5. The Labute approximate surface area is 227 Å². The van der Waals surface area contributed by atoms with Gasteiger partial charge in [-0.2, -0.15) is 9.61 Å². The van der Waals surface area contributed by atoms with Crippen LogP contribution in [0.2, 0.25) is 0 Å². The first-order valence-electron chi connectivity index (χ1n) is 13.1. The molecule has 1 aliphatic carbocycles. The van der Waals surface area contributed by atoms with E-state index in [1.807, 2.05) is 18.2 Å². The van der Waals surface area contributed by atoms with Gasteiger partial charge in [-0.3, -0.25) is 19.7 Å². The van der Waals surface area contributed by atoms with Crippen LogP contribution in [0.3, 0.4) is 0 Å². The third kappa shape index (κ3) is 5.65. The van der Waals surface area contributed by atoms with Crippen molar-refractivity contribution in [3.8, 4) is 16.5 Å². The van der Waals surface area contributed by atoms with Gasteiger partial charge < -0.3 is 20.1 Å². The van der Waals surface area contributed by atoms with Gasteiger partial charge >= 0.3 is 5.69 Å². The lowest BCUT2D eigenvalue weighted by atomic mass is 10.2. The molecule has 1 amide bonds. The number of hydrogen-bond acceptors (Lipinski definition) is 9. The number of nitrogens with zero attached hydrogens (tertiary/aromatic N) is 5. The van der Waals surface area contributed by atoms with Gasteiger partial charge in [0.1, 0.15) is 5.69 Å². The maximum absolute atomic E-state index is 13.1. The summed E-state index contributed by atoms with van der Waals surface area (Å²) in [6.45, 7) is 6.10. The number of morpholine rings is 1. The van der Waals surface area contributed by atoms with E-state index in [1.165, 1.54) is 11.3 Å². The summed E-state index contributed by atoms with van der Waals surface area (Å²) in [5, 5.41) is 18.3. The highest BCUT2D eigenvalue weighted by molar-refractivity contribution is 7.17. The number of amides is 1. The first-order chi connectivity index (χ1) is 19.0. The van der Waals surface area contributed by atoms with Gasteiger partial charge in [-0.05, 0) is 37.5 Å². The van der Waals surface area contributed by atoms with E-state index in [0.29, 0.717) is 26.9 Å². The van der Waals surface area contributed by atoms with Gasteiger partial charge in [0.2, 0.25) is 5.88 Å². The lowest BCUT2D eigenvalue weighted by Gasteiger charge is -2.30. The van der Waals surface area contributed by atoms with Gasteiger partial charge in [0.05, 0.1) is 40.9 Å². The molecule has 204 valence electrons. The van der Waals surface area contributed by atoms with E-state index in [2.05, 4.69) is 32.2 Å². The number of fused-ring (bicyclic) bond motifs is 1. The zero-order valence-corrected chi connectivity index (χ0v) is 22.3. The first-order valence-corrected chi connectivity index (χ1v) is 13.9. The lowest BCUT2D eigenvalue weighted by Crippen LogP contribution is -2.46. The number of rotatable bonds is 8. The molecule has 1 unspecified atom stereocenters. The lowest BCUT2D eigenvalue weighted by molar-refractivity contribution is 0.0331. The van der Waals surface area contributed by atoms with E-state index in [9.17, 15) is 14.7 Å². The SMILES string of the molecule is CCC(CN1CCOCC1)NC(=O)c1ccc(-c2cc(=NC3CC3)n3nc/c(=C/c4[nH]c(=O)[nH]c4O)c3n2)s1. The third-order valence-electron chi connectivity index (χ3n) is 6.87. The van der Waals surface area contributed by atoms with E-state index in [0.717, 1.165) is 57.0 Å². The Balaban J connectivity index is 1.31. The summed E-state index contributed by atoms with van der Waals surface area (Å²) in [6.07, 6.45) is 6.14. The number of hydrogen-bond donors (Lipinski definition) is 4. The fourth-order valence-electron chi connectivity index (χ4n) is 4.55. The van der Waals surface area contributed by atoms with Crippen LogP contribution < -0.4 is 21.7 Å². The summed E-state index contributed by atoms with van der Waals surface area (Å²) in [5.41, 5.74) is 1.60. The second-order valence-corrected chi connectivity index (χ2v) is 10.9. The molecule has 6 rings (SSSR count). The number of imidazole rings is 1. The number of thiophene rings is 1. The Hall–Kier alpha value is -3.81. The molecule has 4 aromatic rings. The van der Waals surface area contributed by atoms with Crippen LogP contribution in [-0.2, 0) is 4.74 Å². The van der Waals surface area contributed by atoms with Crippen LogP contribution in [0.4, 0.5) is 0 Å². The molecule has 2 fully saturated rings.